The fourth-order valence-corrected chi connectivity index (χ4v) is 1.56. The Morgan fingerprint density at radius 1 is 0.833 bits per heavy atom. The van der Waals surface area contributed by atoms with Crippen LogP contribution < -0.4 is 0 Å². The second-order valence-electron chi connectivity index (χ2n) is 3.85. The van der Waals surface area contributed by atoms with Gasteiger partial charge in [-0.3, -0.25) is 9.59 Å². The van der Waals surface area contributed by atoms with E-state index < -0.39 is 0 Å². The molecule has 0 atom stereocenters. The van der Waals surface area contributed by atoms with Crippen LogP contribution in [0.15, 0.2) is 60.7 Å². The molecule has 2 aromatic rings. The van der Waals surface area contributed by atoms with E-state index in [9.17, 15) is 9.59 Å². The number of benzene rings is 2. The van der Waals surface area contributed by atoms with Gasteiger partial charge in [-0.2, -0.15) is 0 Å². The normalized spacial score (nSPS) is 10.4. The Labute approximate surface area is 106 Å². The highest BCUT2D eigenvalue weighted by Crippen LogP contribution is 2.07. The van der Waals surface area contributed by atoms with Crippen LogP contribution in [0.1, 0.15) is 26.3 Å². The van der Waals surface area contributed by atoms with E-state index in [0.717, 1.165) is 11.8 Å². The van der Waals surface area contributed by atoms with Gasteiger partial charge in [0.05, 0.1) is 0 Å². The topological polar surface area (TPSA) is 34.1 Å². The van der Waals surface area contributed by atoms with Crippen molar-refractivity contribution in [1.82, 2.24) is 0 Å². The molecule has 2 heteroatoms. The minimum absolute atomic E-state index is 0.0729. The highest BCUT2D eigenvalue weighted by molar-refractivity contribution is 6.07. The summed E-state index contributed by atoms with van der Waals surface area (Å²) in [5, 5.41) is 0. The van der Waals surface area contributed by atoms with Gasteiger partial charge in [0, 0.05) is 11.1 Å². The molecule has 0 aliphatic heterocycles. The molecule has 2 aromatic carbocycles. The molecule has 0 heterocycles. The number of allylic oxidation sites excluding steroid dienone is 1. The molecule has 2 nitrogen and oxygen atoms in total. The van der Waals surface area contributed by atoms with E-state index in [1.807, 2.05) is 30.3 Å². The molecule has 0 amide bonds. The molecule has 0 spiro atoms. The predicted molar refractivity (Wildman–Crippen MR) is 71.6 cm³/mol. The van der Waals surface area contributed by atoms with Gasteiger partial charge < -0.3 is 0 Å². The monoisotopic (exact) mass is 236 g/mol. The molecule has 0 aliphatic rings. The Kier molecular flexibility index (Phi) is 3.82. The van der Waals surface area contributed by atoms with E-state index in [2.05, 4.69) is 0 Å². The Morgan fingerprint density at radius 2 is 1.50 bits per heavy atom. The number of aldehydes is 1. The van der Waals surface area contributed by atoms with Crippen LogP contribution in [-0.4, -0.2) is 12.1 Å². The zero-order valence-electron chi connectivity index (χ0n) is 9.74. The molecular weight excluding hydrogens is 224 g/mol. The molecule has 0 fully saturated rings. The second-order valence-corrected chi connectivity index (χ2v) is 3.85. The Balaban J connectivity index is 2.12. The SMILES string of the molecule is O=Cc1ccc(C(=O)C=Cc2ccccc2)cc1. The summed E-state index contributed by atoms with van der Waals surface area (Å²) in [5.74, 6) is -0.0729. The molecule has 88 valence electrons. The van der Waals surface area contributed by atoms with Crippen molar-refractivity contribution in [2.75, 3.05) is 0 Å². The van der Waals surface area contributed by atoms with Crippen LogP contribution in [0, 0.1) is 0 Å². The van der Waals surface area contributed by atoms with Gasteiger partial charge in [0.25, 0.3) is 0 Å². The van der Waals surface area contributed by atoms with Gasteiger partial charge >= 0.3 is 0 Å². The summed E-state index contributed by atoms with van der Waals surface area (Å²) in [7, 11) is 0. The van der Waals surface area contributed by atoms with E-state index in [1.54, 1.807) is 30.3 Å². The van der Waals surface area contributed by atoms with Gasteiger partial charge in [0.2, 0.25) is 0 Å². The zero-order valence-corrected chi connectivity index (χ0v) is 9.74. The lowest BCUT2D eigenvalue weighted by Gasteiger charge is -1.96. The number of hydrogen-bond acceptors (Lipinski definition) is 2. The van der Waals surface area contributed by atoms with Crippen molar-refractivity contribution in [3.8, 4) is 0 Å². The largest absolute Gasteiger partial charge is 0.298 e. The van der Waals surface area contributed by atoms with Crippen LogP contribution >= 0.6 is 0 Å². The van der Waals surface area contributed by atoms with Crippen molar-refractivity contribution in [3.05, 3.63) is 77.4 Å². The van der Waals surface area contributed by atoms with Gasteiger partial charge in [-0.1, -0.05) is 60.7 Å². The van der Waals surface area contributed by atoms with Crippen LogP contribution in [0.4, 0.5) is 0 Å². The maximum atomic E-state index is 11.8. The highest BCUT2D eigenvalue weighted by atomic mass is 16.1. The first-order valence-corrected chi connectivity index (χ1v) is 5.62. The van der Waals surface area contributed by atoms with Crippen molar-refractivity contribution < 1.29 is 9.59 Å². The maximum absolute atomic E-state index is 11.8. The highest BCUT2D eigenvalue weighted by Gasteiger charge is 2.01. The Bertz CT molecular complexity index is 566. The molecule has 0 aromatic heterocycles. The van der Waals surface area contributed by atoms with Crippen LogP contribution in [0.5, 0.6) is 0 Å². The molecule has 0 saturated carbocycles. The standard InChI is InChI=1S/C16H12O2/c17-12-14-6-9-15(10-7-14)16(18)11-8-13-4-2-1-3-5-13/h1-12H. The van der Waals surface area contributed by atoms with E-state index in [1.165, 1.54) is 6.08 Å². The van der Waals surface area contributed by atoms with E-state index in [-0.39, 0.29) is 5.78 Å². The molecule has 0 bridgehead atoms. The Morgan fingerprint density at radius 3 is 2.11 bits per heavy atom. The fourth-order valence-electron chi connectivity index (χ4n) is 1.56. The average molecular weight is 236 g/mol. The molecule has 2 rings (SSSR count). The summed E-state index contributed by atoms with van der Waals surface area (Å²) in [6.07, 6.45) is 4.06. The molecule has 0 radical (unpaired) electrons. The number of hydrogen-bond donors (Lipinski definition) is 0. The summed E-state index contributed by atoms with van der Waals surface area (Å²) in [5.41, 5.74) is 2.13. The lowest BCUT2D eigenvalue weighted by molar-refractivity contribution is 0.104. The summed E-state index contributed by atoms with van der Waals surface area (Å²) in [4.78, 5) is 22.3. The summed E-state index contributed by atoms with van der Waals surface area (Å²) in [6.45, 7) is 0. The van der Waals surface area contributed by atoms with Crippen molar-refractivity contribution in [1.29, 1.82) is 0 Å². The molecule has 18 heavy (non-hydrogen) atoms. The quantitative estimate of drug-likeness (QED) is 0.463. The Hall–Kier alpha value is -2.48. The first kappa shape index (κ1) is 12.0. The first-order chi connectivity index (χ1) is 8.79. The van der Waals surface area contributed by atoms with Gasteiger partial charge in [0.1, 0.15) is 6.29 Å². The van der Waals surface area contributed by atoms with E-state index >= 15 is 0 Å². The minimum Gasteiger partial charge on any atom is -0.298 e. The third-order valence-corrected chi connectivity index (χ3v) is 2.56. The van der Waals surface area contributed by atoms with Gasteiger partial charge in [0.15, 0.2) is 5.78 Å². The van der Waals surface area contributed by atoms with E-state index in [0.29, 0.717) is 11.1 Å². The number of carbonyl (C=O) groups is 2. The first-order valence-electron chi connectivity index (χ1n) is 5.62. The average Bonchev–Trinajstić information content (AvgIpc) is 2.46. The molecule has 0 aliphatic carbocycles. The van der Waals surface area contributed by atoms with Crippen LogP contribution in [0.25, 0.3) is 6.08 Å². The lowest BCUT2D eigenvalue weighted by atomic mass is 10.1. The van der Waals surface area contributed by atoms with Gasteiger partial charge in [-0.05, 0) is 11.6 Å². The van der Waals surface area contributed by atoms with Crippen LogP contribution in [0.3, 0.4) is 0 Å². The maximum Gasteiger partial charge on any atom is 0.185 e. The molecule has 0 N–H and O–H groups in total. The fraction of sp³-hybridized carbons (Fsp3) is 0. The van der Waals surface area contributed by atoms with Crippen LogP contribution in [-0.2, 0) is 0 Å². The van der Waals surface area contributed by atoms with E-state index in [4.69, 9.17) is 0 Å². The summed E-state index contributed by atoms with van der Waals surface area (Å²) >= 11 is 0. The van der Waals surface area contributed by atoms with Crippen molar-refractivity contribution in [3.63, 3.8) is 0 Å². The molecular formula is C16H12O2. The third kappa shape index (κ3) is 3.01. The number of ketones is 1. The predicted octanol–water partition coefficient (Wildman–Crippen LogP) is 3.40. The van der Waals surface area contributed by atoms with Crippen molar-refractivity contribution >= 4 is 18.1 Å². The van der Waals surface area contributed by atoms with Gasteiger partial charge in [-0.15, -0.1) is 0 Å². The second kappa shape index (κ2) is 5.73. The summed E-state index contributed by atoms with van der Waals surface area (Å²) in [6, 6.07) is 16.2. The number of carbonyl (C=O) groups excluding carboxylic acids is 2. The third-order valence-electron chi connectivity index (χ3n) is 2.56. The van der Waals surface area contributed by atoms with Gasteiger partial charge in [-0.25, -0.2) is 0 Å². The molecule has 0 saturated heterocycles. The number of rotatable bonds is 4. The van der Waals surface area contributed by atoms with Crippen molar-refractivity contribution in [2.45, 2.75) is 0 Å². The smallest absolute Gasteiger partial charge is 0.185 e. The zero-order chi connectivity index (χ0) is 12.8. The van der Waals surface area contributed by atoms with Crippen LogP contribution in [0.2, 0.25) is 0 Å². The van der Waals surface area contributed by atoms with Crippen molar-refractivity contribution in [2.24, 2.45) is 0 Å². The molecule has 0 unspecified atom stereocenters. The lowest BCUT2D eigenvalue weighted by Crippen LogP contribution is -1.94. The summed E-state index contributed by atoms with van der Waals surface area (Å²) < 4.78 is 0. The minimum atomic E-state index is -0.0729.